The minimum atomic E-state index is -0.106. The van der Waals surface area contributed by atoms with E-state index in [9.17, 15) is 9.59 Å². The van der Waals surface area contributed by atoms with Crippen molar-refractivity contribution in [1.82, 2.24) is 19.6 Å². The van der Waals surface area contributed by atoms with Gasteiger partial charge in [-0.05, 0) is 29.3 Å². The first-order chi connectivity index (χ1) is 12.5. The summed E-state index contributed by atoms with van der Waals surface area (Å²) in [5.74, 6) is -0.211. The lowest BCUT2D eigenvalue weighted by molar-refractivity contribution is 0.103. The van der Waals surface area contributed by atoms with Crippen LogP contribution in [0.15, 0.2) is 61.2 Å². The van der Waals surface area contributed by atoms with Crippen molar-refractivity contribution in [3.8, 4) is 0 Å². The molecule has 0 fully saturated rings. The van der Waals surface area contributed by atoms with Crippen molar-refractivity contribution in [2.45, 2.75) is 0 Å². The van der Waals surface area contributed by atoms with Crippen molar-refractivity contribution in [2.75, 3.05) is 0 Å². The maximum Gasteiger partial charge on any atom is 0.189 e. The number of benzene rings is 1. The van der Waals surface area contributed by atoms with Crippen LogP contribution in [0, 0.1) is 0 Å². The predicted octanol–water partition coefficient (Wildman–Crippen LogP) is 2.95. The van der Waals surface area contributed by atoms with Gasteiger partial charge in [0, 0.05) is 26.5 Å². The molecule has 0 saturated carbocycles. The molecule has 0 aliphatic heterocycles. The first kappa shape index (κ1) is 17.3. The van der Waals surface area contributed by atoms with Gasteiger partial charge in [0.1, 0.15) is 0 Å². The van der Waals surface area contributed by atoms with Gasteiger partial charge >= 0.3 is 0 Å². The molecule has 0 N–H and O–H groups in total. The second kappa shape index (κ2) is 7.57. The Balaban J connectivity index is 1.69. The van der Waals surface area contributed by atoms with Crippen LogP contribution in [0.4, 0.5) is 0 Å². The smallest absolute Gasteiger partial charge is 0.189 e. The Morgan fingerprint density at radius 3 is 1.69 bits per heavy atom. The predicted molar refractivity (Wildman–Crippen MR) is 99.6 cm³/mol. The van der Waals surface area contributed by atoms with E-state index in [1.54, 1.807) is 48.0 Å². The van der Waals surface area contributed by atoms with Crippen LogP contribution in [0.3, 0.4) is 0 Å². The van der Waals surface area contributed by atoms with Gasteiger partial charge in [-0.2, -0.15) is 10.2 Å². The average molecular weight is 346 g/mol. The molecule has 2 aromatic heterocycles. The average Bonchev–Trinajstić information content (AvgIpc) is 3.26. The SMILES string of the molecule is Cn1cc(C(=O)/C=C/c2cccc(/C=C/C(=O)c3cnn(C)c3)c2)cn1. The van der Waals surface area contributed by atoms with E-state index in [4.69, 9.17) is 0 Å². The molecule has 0 amide bonds. The third-order valence-electron chi connectivity index (χ3n) is 3.74. The van der Waals surface area contributed by atoms with E-state index in [0.717, 1.165) is 11.1 Å². The number of aromatic nitrogens is 4. The van der Waals surface area contributed by atoms with Crippen molar-refractivity contribution >= 4 is 23.7 Å². The fraction of sp³-hybridized carbons (Fsp3) is 0.100. The molecule has 1 aromatic carbocycles. The van der Waals surface area contributed by atoms with Gasteiger partial charge in [0.25, 0.3) is 0 Å². The Hall–Kier alpha value is -3.54. The minimum Gasteiger partial charge on any atom is -0.289 e. The van der Waals surface area contributed by atoms with E-state index in [2.05, 4.69) is 10.2 Å². The molecule has 2 heterocycles. The lowest BCUT2D eigenvalue weighted by Crippen LogP contribution is -1.92. The fourth-order valence-corrected chi connectivity index (χ4v) is 2.40. The van der Waals surface area contributed by atoms with E-state index >= 15 is 0 Å². The third kappa shape index (κ3) is 4.30. The summed E-state index contributed by atoms with van der Waals surface area (Å²) in [6.07, 6.45) is 12.9. The zero-order valence-corrected chi connectivity index (χ0v) is 14.5. The first-order valence-corrected chi connectivity index (χ1v) is 8.03. The summed E-state index contributed by atoms with van der Waals surface area (Å²) in [6, 6.07) is 7.57. The van der Waals surface area contributed by atoms with Crippen molar-refractivity contribution in [3.05, 3.63) is 83.5 Å². The number of hydrogen-bond acceptors (Lipinski definition) is 4. The normalized spacial score (nSPS) is 11.5. The van der Waals surface area contributed by atoms with Crippen LogP contribution >= 0.6 is 0 Å². The third-order valence-corrected chi connectivity index (χ3v) is 3.74. The highest BCUT2D eigenvalue weighted by molar-refractivity contribution is 6.07. The number of hydrogen-bond donors (Lipinski definition) is 0. The van der Waals surface area contributed by atoms with Gasteiger partial charge in [0.15, 0.2) is 11.6 Å². The van der Waals surface area contributed by atoms with E-state index in [1.807, 2.05) is 24.3 Å². The summed E-state index contributed by atoms with van der Waals surface area (Å²) < 4.78 is 3.18. The topological polar surface area (TPSA) is 69.8 Å². The van der Waals surface area contributed by atoms with Crippen LogP contribution in [0.5, 0.6) is 0 Å². The molecular formula is C20H18N4O2. The molecular weight excluding hydrogens is 328 g/mol. The monoisotopic (exact) mass is 346 g/mol. The molecule has 0 radical (unpaired) electrons. The van der Waals surface area contributed by atoms with Crippen LogP contribution in [0.2, 0.25) is 0 Å². The number of ketones is 2. The molecule has 3 aromatic rings. The summed E-state index contributed by atoms with van der Waals surface area (Å²) in [4.78, 5) is 24.2. The van der Waals surface area contributed by atoms with Crippen molar-refractivity contribution in [2.24, 2.45) is 14.1 Å². The highest BCUT2D eigenvalue weighted by atomic mass is 16.1. The number of carbonyl (C=O) groups is 2. The lowest BCUT2D eigenvalue weighted by atomic mass is 10.1. The molecule has 26 heavy (non-hydrogen) atoms. The van der Waals surface area contributed by atoms with Crippen LogP contribution < -0.4 is 0 Å². The van der Waals surface area contributed by atoms with Crippen LogP contribution in [0.25, 0.3) is 12.2 Å². The second-order valence-electron chi connectivity index (χ2n) is 5.87. The molecule has 0 unspecified atom stereocenters. The summed E-state index contributed by atoms with van der Waals surface area (Å²) in [5.41, 5.74) is 2.83. The number of nitrogens with zero attached hydrogens (tertiary/aromatic N) is 4. The van der Waals surface area contributed by atoms with Crippen molar-refractivity contribution in [1.29, 1.82) is 0 Å². The molecule has 0 bridgehead atoms. The van der Waals surface area contributed by atoms with Gasteiger partial charge in [0.05, 0.1) is 23.5 Å². The lowest BCUT2D eigenvalue weighted by Gasteiger charge is -1.97. The van der Waals surface area contributed by atoms with Gasteiger partial charge in [-0.15, -0.1) is 0 Å². The van der Waals surface area contributed by atoms with Gasteiger partial charge in [0.2, 0.25) is 0 Å². The Morgan fingerprint density at radius 1 is 0.846 bits per heavy atom. The Kier molecular flexibility index (Phi) is 5.03. The molecule has 0 aliphatic rings. The van der Waals surface area contributed by atoms with Gasteiger partial charge in [-0.25, -0.2) is 0 Å². The van der Waals surface area contributed by atoms with E-state index in [1.165, 1.54) is 24.5 Å². The van der Waals surface area contributed by atoms with E-state index < -0.39 is 0 Å². The van der Waals surface area contributed by atoms with E-state index in [-0.39, 0.29) is 11.6 Å². The highest BCUT2D eigenvalue weighted by Gasteiger charge is 2.05. The fourth-order valence-electron chi connectivity index (χ4n) is 2.40. The first-order valence-electron chi connectivity index (χ1n) is 8.03. The van der Waals surface area contributed by atoms with Crippen LogP contribution in [0.1, 0.15) is 31.8 Å². The number of rotatable bonds is 6. The van der Waals surface area contributed by atoms with Gasteiger partial charge in [-0.1, -0.05) is 30.4 Å². The zero-order valence-electron chi connectivity index (χ0n) is 14.5. The maximum atomic E-state index is 12.1. The number of allylic oxidation sites excluding steroid dienone is 2. The highest BCUT2D eigenvalue weighted by Crippen LogP contribution is 2.11. The summed E-state index contributed by atoms with van der Waals surface area (Å²) in [5, 5.41) is 7.98. The molecule has 0 spiro atoms. The summed E-state index contributed by atoms with van der Waals surface area (Å²) >= 11 is 0. The summed E-state index contributed by atoms with van der Waals surface area (Å²) in [7, 11) is 3.53. The van der Waals surface area contributed by atoms with Crippen LogP contribution in [-0.4, -0.2) is 31.1 Å². The quantitative estimate of drug-likeness (QED) is 0.508. The standard InChI is InChI=1S/C20H18N4O2/c1-23-13-17(11-21-23)19(25)8-6-15-4-3-5-16(10-15)7-9-20(26)18-12-22-24(2)14-18/h3-14H,1-2H3/b8-6+,9-7+. The van der Waals surface area contributed by atoms with E-state index in [0.29, 0.717) is 11.1 Å². The second-order valence-corrected chi connectivity index (χ2v) is 5.87. The molecule has 130 valence electrons. The molecule has 0 saturated heterocycles. The molecule has 6 nitrogen and oxygen atoms in total. The molecule has 3 rings (SSSR count). The molecule has 0 atom stereocenters. The summed E-state index contributed by atoms with van der Waals surface area (Å²) in [6.45, 7) is 0. The van der Waals surface area contributed by atoms with Crippen LogP contribution in [-0.2, 0) is 14.1 Å². The van der Waals surface area contributed by atoms with Crippen molar-refractivity contribution < 1.29 is 9.59 Å². The largest absolute Gasteiger partial charge is 0.289 e. The molecule has 0 aliphatic carbocycles. The Labute approximate surface area is 151 Å². The number of aryl methyl sites for hydroxylation is 2. The zero-order chi connectivity index (χ0) is 18.5. The molecule has 6 heteroatoms. The van der Waals surface area contributed by atoms with Gasteiger partial charge < -0.3 is 0 Å². The minimum absolute atomic E-state index is 0.106. The van der Waals surface area contributed by atoms with Gasteiger partial charge in [-0.3, -0.25) is 19.0 Å². The maximum absolute atomic E-state index is 12.1. The van der Waals surface area contributed by atoms with Crippen molar-refractivity contribution in [3.63, 3.8) is 0 Å². The Morgan fingerprint density at radius 2 is 1.31 bits per heavy atom. The number of carbonyl (C=O) groups excluding carboxylic acids is 2. The Bertz CT molecular complexity index is 931.